The topological polar surface area (TPSA) is 94.4 Å². The number of para-hydroxylation sites is 1. The lowest BCUT2D eigenvalue weighted by Crippen LogP contribution is -2.17. The molecule has 0 saturated carbocycles. The third kappa shape index (κ3) is 3.42. The van der Waals surface area contributed by atoms with Crippen LogP contribution in [0.5, 0.6) is 5.75 Å². The van der Waals surface area contributed by atoms with Gasteiger partial charge in [0.25, 0.3) is 0 Å². The number of nitrogens with one attached hydrogen (secondary N) is 1. The highest BCUT2D eigenvalue weighted by Crippen LogP contribution is 2.25. The van der Waals surface area contributed by atoms with Crippen molar-refractivity contribution in [3.63, 3.8) is 0 Å². The lowest BCUT2D eigenvalue weighted by atomic mass is 10.3. The molecule has 0 saturated heterocycles. The largest absolute Gasteiger partial charge is 0.417 e. The fourth-order valence-electron chi connectivity index (χ4n) is 1.40. The molecule has 1 aromatic heterocycles. The predicted octanol–water partition coefficient (Wildman–Crippen LogP) is 3.25. The van der Waals surface area contributed by atoms with E-state index in [0.717, 1.165) is 6.20 Å². The smallest absolute Gasteiger partial charge is 0.410 e. The third-order valence-electron chi connectivity index (χ3n) is 2.24. The van der Waals surface area contributed by atoms with E-state index in [2.05, 4.69) is 10.3 Å². The summed E-state index contributed by atoms with van der Waals surface area (Å²) in [5.74, 6) is 0.313. The van der Waals surface area contributed by atoms with E-state index in [1.807, 2.05) is 0 Å². The van der Waals surface area contributed by atoms with Crippen molar-refractivity contribution >= 4 is 29.1 Å². The van der Waals surface area contributed by atoms with Crippen molar-refractivity contribution in [1.29, 1.82) is 0 Å². The summed E-state index contributed by atoms with van der Waals surface area (Å²) in [6.07, 6.45) is 0.0991. The second-order valence-electron chi connectivity index (χ2n) is 3.61. The Morgan fingerprint density at radius 2 is 2.05 bits per heavy atom. The van der Waals surface area contributed by atoms with Gasteiger partial charge < -0.3 is 4.74 Å². The highest BCUT2D eigenvalue weighted by atomic mass is 35.5. The van der Waals surface area contributed by atoms with Gasteiger partial charge in [-0.3, -0.25) is 15.4 Å². The predicted molar refractivity (Wildman–Crippen MR) is 72.0 cm³/mol. The molecule has 0 aliphatic carbocycles. The number of benzene rings is 1. The van der Waals surface area contributed by atoms with E-state index in [0.29, 0.717) is 5.75 Å². The summed E-state index contributed by atoms with van der Waals surface area (Å²) in [6, 6.07) is 9.47. The van der Waals surface area contributed by atoms with Crippen molar-refractivity contribution in [3.8, 4) is 5.75 Å². The Morgan fingerprint density at radius 1 is 1.35 bits per heavy atom. The van der Waals surface area contributed by atoms with Crippen molar-refractivity contribution in [1.82, 2.24) is 4.98 Å². The quantitative estimate of drug-likeness (QED) is 0.532. The maximum atomic E-state index is 11.6. The number of rotatable bonds is 3. The lowest BCUT2D eigenvalue weighted by Gasteiger charge is -2.06. The Bertz CT molecular complexity index is 648. The Balaban J connectivity index is 2.15. The molecule has 0 radical (unpaired) electrons. The number of nitrogens with zero attached hydrogens (tertiary/aromatic N) is 2. The van der Waals surface area contributed by atoms with Crippen LogP contribution in [0.25, 0.3) is 0 Å². The first-order valence-electron chi connectivity index (χ1n) is 5.40. The molecule has 1 heterocycles. The average molecular weight is 294 g/mol. The SMILES string of the molecule is O=C(Nc1cc(Cl)ncc1[N+](=O)[O-])Oc1ccccc1. The molecule has 2 aromatic rings. The van der Waals surface area contributed by atoms with Gasteiger partial charge in [0.1, 0.15) is 22.8 Å². The first kappa shape index (κ1) is 13.8. The number of carbonyl (C=O) groups excluding carboxylic acids is 1. The van der Waals surface area contributed by atoms with Gasteiger partial charge in [-0.1, -0.05) is 29.8 Å². The number of nitro groups is 1. The maximum absolute atomic E-state index is 11.6. The average Bonchev–Trinajstić information content (AvgIpc) is 2.39. The van der Waals surface area contributed by atoms with Gasteiger partial charge in [-0.25, -0.2) is 9.78 Å². The van der Waals surface area contributed by atoms with Gasteiger partial charge in [0.2, 0.25) is 0 Å². The van der Waals surface area contributed by atoms with Crippen LogP contribution in [0.3, 0.4) is 0 Å². The van der Waals surface area contributed by atoms with Crippen LogP contribution in [0.1, 0.15) is 0 Å². The van der Waals surface area contributed by atoms with Crippen LogP contribution in [0.4, 0.5) is 16.2 Å². The van der Waals surface area contributed by atoms with E-state index in [1.54, 1.807) is 30.3 Å². The molecule has 7 nitrogen and oxygen atoms in total. The molecule has 8 heteroatoms. The van der Waals surface area contributed by atoms with Crippen LogP contribution in [0.15, 0.2) is 42.6 Å². The summed E-state index contributed by atoms with van der Waals surface area (Å²) in [5, 5.41) is 13.1. The molecule has 1 amide bonds. The summed E-state index contributed by atoms with van der Waals surface area (Å²) < 4.78 is 4.96. The number of anilines is 1. The monoisotopic (exact) mass is 293 g/mol. The normalized spacial score (nSPS) is 9.85. The number of halogens is 1. The molecule has 1 N–H and O–H groups in total. The molecule has 0 spiro atoms. The molecule has 0 unspecified atom stereocenters. The van der Waals surface area contributed by atoms with E-state index in [-0.39, 0.29) is 16.5 Å². The molecule has 20 heavy (non-hydrogen) atoms. The highest BCUT2D eigenvalue weighted by Gasteiger charge is 2.18. The van der Waals surface area contributed by atoms with Gasteiger partial charge in [0, 0.05) is 6.07 Å². The van der Waals surface area contributed by atoms with Crippen molar-refractivity contribution in [2.75, 3.05) is 5.32 Å². The zero-order chi connectivity index (χ0) is 14.5. The molecule has 102 valence electrons. The standard InChI is InChI=1S/C12H8ClN3O4/c13-11-6-9(10(7-14-11)16(18)19)15-12(17)20-8-4-2-1-3-5-8/h1-7H,(H,14,15,17). The zero-order valence-electron chi connectivity index (χ0n) is 9.95. The van der Waals surface area contributed by atoms with Crippen molar-refractivity contribution < 1.29 is 14.5 Å². The van der Waals surface area contributed by atoms with Gasteiger partial charge in [0.15, 0.2) is 0 Å². The number of pyridine rings is 1. The second-order valence-corrected chi connectivity index (χ2v) is 4.00. The molecule has 2 rings (SSSR count). The summed E-state index contributed by atoms with van der Waals surface area (Å²) >= 11 is 5.64. The van der Waals surface area contributed by atoms with E-state index in [4.69, 9.17) is 16.3 Å². The van der Waals surface area contributed by atoms with E-state index >= 15 is 0 Å². The number of aromatic nitrogens is 1. The number of hydrogen-bond acceptors (Lipinski definition) is 5. The summed E-state index contributed by atoms with van der Waals surface area (Å²) in [5.41, 5.74) is -0.463. The van der Waals surface area contributed by atoms with Gasteiger partial charge in [-0.05, 0) is 12.1 Å². The molecule has 0 fully saturated rings. The van der Waals surface area contributed by atoms with Crippen LogP contribution >= 0.6 is 11.6 Å². The van der Waals surface area contributed by atoms with Crippen molar-refractivity contribution in [2.45, 2.75) is 0 Å². The first-order valence-corrected chi connectivity index (χ1v) is 5.78. The Hall–Kier alpha value is -2.67. The number of hydrogen-bond donors (Lipinski definition) is 1. The van der Waals surface area contributed by atoms with Gasteiger partial charge in [-0.15, -0.1) is 0 Å². The van der Waals surface area contributed by atoms with Crippen molar-refractivity contribution in [3.05, 3.63) is 57.9 Å². The van der Waals surface area contributed by atoms with Crippen LogP contribution in [0, 0.1) is 10.1 Å². The fraction of sp³-hybridized carbons (Fsp3) is 0. The maximum Gasteiger partial charge on any atom is 0.417 e. The fourth-order valence-corrected chi connectivity index (χ4v) is 1.56. The second kappa shape index (κ2) is 5.98. The van der Waals surface area contributed by atoms with Gasteiger partial charge >= 0.3 is 11.8 Å². The minimum atomic E-state index is -0.860. The van der Waals surface area contributed by atoms with Crippen molar-refractivity contribution in [2.24, 2.45) is 0 Å². The van der Waals surface area contributed by atoms with E-state index in [9.17, 15) is 14.9 Å². The lowest BCUT2D eigenvalue weighted by molar-refractivity contribution is -0.384. The minimum Gasteiger partial charge on any atom is -0.410 e. The highest BCUT2D eigenvalue weighted by molar-refractivity contribution is 6.29. The van der Waals surface area contributed by atoms with Gasteiger partial charge in [0.05, 0.1) is 4.92 Å². The Kier molecular flexibility index (Phi) is 4.11. The Morgan fingerprint density at radius 3 is 2.70 bits per heavy atom. The molecule has 1 aromatic carbocycles. The molecule has 0 aliphatic rings. The van der Waals surface area contributed by atoms with Gasteiger partial charge in [-0.2, -0.15) is 0 Å². The zero-order valence-corrected chi connectivity index (χ0v) is 10.7. The summed E-state index contributed by atoms with van der Waals surface area (Å²) in [7, 11) is 0. The summed E-state index contributed by atoms with van der Waals surface area (Å²) in [4.78, 5) is 25.4. The number of carbonyl (C=O) groups is 1. The number of ether oxygens (including phenoxy) is 1. The van der Waals surface area contributed by atoms with Crippen LogP contribution in [-0.4, -0.2) is 16.0 Å². The van der Waals surface area contributed by atoms with E-state index < -0.39 is 11.0 Å². The first-order chi connectivity index (χ1) is 9.56. The Labute approximate surface area is 118 Å². The summed E-state index contributed by atoms with van der Waals surface area (Å²) in [6.45, 7) is 0. The molecular weight excluding hydrogens is 286 g/mol. The van der Waals surface area contributed by atoms with Crippen LogP contribution < -0.4 is 10.1 Å². The van der Waals surface area contributed by atoms with Crippen LogP contribution in [0.2, 0.25) is 5.15 Å². The van der Waals surface area contributed by atoms with E-state index in [1.165, 1.54) is 6.07 Å². The van der Waals surface area contributed by atoms with Crippen LogP contribution in [-0.2, 0) is 0 Å². The molecule has 0 bridgehead atoms. The number of amides is 1. The third-order valence-corrected chi connectivity index (χ3v) is 2.44. The molecule has 0 atom stereocenters. The molecular formula is C12H8ClN3O4. The molecule has 0 aliphatic heterocycles. The minimum absolute atomic E-state index is 0.0191.